The molecule has 0 atom stereocenters. The normalized spacial score (nSPS) is 11.6. The molecular formula is C9H11N5O2S3. The topological polar surface area (TPSA) is 103 Å². The zero-order valence-corrected chi connectivity index (χ0v) is 12.1. The minimum absolute atomic E-state index is 0.189. The number of aromatic nitrogens is 3. The molecule has 19 heavy (non-hydrogen) atoms. The third-order valence-electron chi connectivity index (χ3n) is 2.19. The van der Waals surface area contributed by atoms with Gasteiger partial charge in [0.25, 0.3) is 0 Å². The van der Waals surface area contributed by atoms with E-state index in [1.807, 2.05) is 0 Å². The van der Waals surface area contributed by atoms with Gasteiger partial charge in [0.15, 0.2) is 0 Å². The van der Waals surface area contributed by atoms with Gasteiger partial charge in [0.05, 0.1) is 17.6 Å². The van der Waals surface area contributed by atoms with E-state index in [0.717, 1.165) is 11.3 Å². The molecule has 0 fully saturated rings. The van der Waals surface area contributed by atoms with Gasteiger partial charge >= 0.3 is 0 Å². The molecule has 3 N–H and O–H groups in total. The summed E-state index contributed by atoms with van der Waals surface area (Å²) < 4.78 is 28.1. The number of rotatable bonds is 6. The summed E-state index contributed by atoms with van der Waals surface area (Å²) in [4.78, 5) is 0.765. The van der Waals surface area contributed by atoms with Crippen LogP contribution >= 0.6 is 23.6 Å². The highest BCUT2D eigenvalue weighted by Gasteiger charge is 2.16. The Hall–Kier alpha value is -1.36. The number of nitrogens with zero attached hydrogens (tertiary/aromatic N) is 3. The van der Waals surface area contributed by atoms with Crippen LogP contribution in [0.1, 0.15) is 4.88 Å². The van der Waals surface area contributed by atoms with Gasteiger partial charge in [-0.3, -0.25) is 4.68 Å². The summed E-state index contributed by atoms with van der Waals surface area (Å²) in [6.45, 7) is 0.638. The van der Waals surface area contributed by atoms with E-state index in [4.69, 9.17) is 18.0 Å². The second-order valence-corrected chi connectivity index (χ2v) is 7.06. The molecule has 0 saturated heterocycles. The van der Waals surface area contributed by atoms with E-state index in [9.17, 15) is 8.42 Å². The zero-order valence-electron chi connectivity index (χ0n) is 9.68. The molecule has 0 aliphatic rings. The van der Waals surface area contributed by atoms with Crippen molar-refractivity contribution in [1.29, 1.82) is 0 Å². The Bertz CT molecular complexity index is 662. The molecule has 0 radical (unpaired) electrons. The number of thiophene rings is 1. The van der Waals surface area contributed by atoms with Crippen LogP contribution in [-0.2, 0) is 16.6 Å². The number of nitrogens with one attached hydrogen (secondary N) is 1. The fraction of sp³-hybridized carbons (Fsp3) is 0.222. The van der Waals surface area contributed by atoms with Crippen LogP contribution in [0.5, 0.6) is 0 Å². The summed E-state index contributed by atoms with van der Waals surface area (Å²) in [6, 6.07) is 3.08. The highest BCUT2D eigenvalue weighted by Crippen LogP contribution is 2.21. The first-order valence-electron chi connectivity index (χ1n) is 5.22. The second kappa shape index (κ2) is 5.74. The van der Waals surface area contributed by atoms with Gasteiger partial charge in [-0.1, -0.05) is 17.4 Å². The molecule has 102 valence electrons. The lowest BCUT2D eigenvalue weighted by atomic mass is 10.5. The van der Waals surface area contributed by atoms with Crippen LogP contribution in [0.15, 0.2) is 28.7 Å². The van der Waals surface area contributed by atoms with Crippen molar-refractivity contribution in [3.8, 4) is 0 Å². The quantitative estimate of drug-likeness (QED) is 0.724. The first kappa shape index (κ1) is 14.1. The fourth-order valence-corrected chi connectivity index (χ4v) is 3.73. The van der Waals surface area contributed by atoms with Gasteiger partial charge in [-0.15, -0.1) is 16.4 Å². The molecular weight excluding hydrogens is 306 g/mol. The first-order valence-corrected chi connectivity index (χ1v) is 7.93. The highest BCUT2D eigenvalue weighted by molar-refractivity contribution is 7.91. The largest absolute Gasteiger partial charge is 0.389 e. The molecule has 10 heteroatoms. The number of nitrogens with two attached hydrogens (primary N) is 1. The molecule has 0 aliphatic heterocycles. The minimum Gasteiger partial charge on any atom is -0.389 e. The number of thiocarbonyl (C=S) groups is 1. The van der Waals surface area contributed by atoms with Crippen LogP contribution in [0.25, 0.3) is 0 Å². The Kier molecular flexibility index (Phi) is 4.24. The van der Waals surface area contributed by atoms with E-state index >= 15 is 0 Å². The molecule has 2 heterocycles. The van der Waals surface area contributed by atoms with Crippen molar-refractivity contribution in [2.24, 2.45) is 5.73 Å². The van der Waals surface area contributed by atoms with Gasteiger partial charge in [-0.25, -0.2) is 13.1 Å². The van der Waals surface area contributed by atoms with Crippen LogP contribution < -0.4 is 10.5 Å². The van der Waals surface area contributed by atoms with Crippen molar-refractivity contribution < 1.29 is 8.42 Å². The van der Waals surface area contributed by atoms with Crippen molar-refractivity contribution in [2.75, 3.05) is 6.54 Å². The van der Waals surface area contributed by atoms with E-state index in [1.54, 1.807) is 12.3 Å². The number of sulfonamides is 1. The average molecular weight is 317 g/mol. The smallest absolute Gasteiger partial charge is 0.250 e. The summed E-state index contributed by atoms with van der Waals surface area (Å²) in [5.74, 6) is 0. The van der Waals surface area contributed by atoms with E-state index in [1.165, 1.54) is 16.9 Å². The lowest BCUT2D eigenvalue weighted by Gasteiger charge is -2.04. The Balaban J connectivity index is 1.99. The molecule has 0 aliphatic carbocycles. The molecule has 7 nitrogen and oxygen atoms in total. The average Bonchev–Trinajstić information content (AvgIpc) is 2.99. The van der Waals surface area contributed by atoms with Gasteiger partial charge in [0.2, 0.25) is 10.0 Å². The Labute approximate surface area is 119 Å². The molecule has 0 amide bonds. The molecule has 0 aromatic carbocycles. The Morgan fingerprint density at radius 2 is 2.32 bits per heavy atom. The summed E-state index contributed by atoms with van der Waals surface area (Å²) in [5, 5.41) is 7.36. The number of hydrogen-bond donors (Lipinski definition) is 2. The molecule has 0 spiro atoms. The summed E-state index contributed by atoms with van der Waals surface area (Å²) >= 11 is 5.84. The summed E-state index contributed by atoms with van der Waals surface area (Å²) in [5.41, 5.74) is 5.44. The van der Waals surface area contributed by atoms with Crippen molar-refractivity contribution >= 4 is 38.6 Å². The van der Waals surface area contributed by atoms with E-state index in [2.05, 4.69) is 15.0 Å². The first-order chi connectivity index (χ1) is 8.99. The van der Waals surface area contributed by atoms with Crippen molar-refractivity contribution in [3.05, 3.63) is 29.4 Å². The van der Waals surface area contributed by atoms with Crippen LogP contribution in [0.4, 0.5) is 0 Å². The number of hydrogen-bond acceptors (Lipinski definition) is 6. The van der Waals surface area contributed by atoms with E-state index in [0.29, 0.717) is 11.4 Å². The molecule has 0 saturated carbocycles. The maximum absolute atomic E-state index is 12.0. The molecule has 0 bridgehead atoms. The van der Waals surface area contributed by atoms with Gasteiger partial charge < -0.3 is 5.73 Å². The monoisotopic (exact) mass is 317 g/mol. The molecule has 2 aromatic rings. The zero-order chi connectivity index (χ0) is 13.9. The standard InChI is InChI=1S/C9H11N5O2S3/c10-9(17)7-1-2-8(18-7)19(15,16)12-4-6-14-5-3-11-13-14/h1-3,5,12H,4,6H2,(H2,10,17). The predicted molar refractivity (Wildman–Crippen MR) is 75.4 cm³/mol. The molecule has 2 rings (SSSR count). The van der Waals surface area contributed by atoms with Gasteiger partial charge in [0, 0.05) is 12.7 Å². The van der Waals surface area contributed by atoms with Crippen molar-refractivity contribution in [2.45, 2.75) is 10.8 Å². The highest BCUT2D eigenvalue weighted by atomic mass is 32.2. The molecule has 0 unspecified atom stereocenters. The fourth-order valence-electron chi connectivity index (χ4n) is 1.31. The van der Waals surface area contributed by atoms with E-state index < -0.39 is 10.0 Å². The third kappa shape index (κ3) is 3.56. The second-order valence-electron chi connectivity index (χ2n) is 3.55. The van der Waals surface area contributed by atoms with Crippen LogP contribution in [0.3, 0.4) is 0 Å². The van der Waals surface area contributed by atoms with Gasteiger partial charge in [0.1, 0.15) is 9.20 Å². The molecule has 2 aromatic heterocycles. The lowest BCUT2D eigenvalue weighted by Crippen LogP contribution is -2.27. The third-order valence-corrected chi connectivity index (χ3v) is 5.61. The van der Waals surface area contributed by atoms with Gasteiger partial charge in [-0.2, -0.15) is 0 Å². The van der Waals surface area contributed by atoms with Crippen molar-refractivity contribution in [3.63, 3.8) is 0 Å². The summed E-state index contributed by atoms with van der Waals surface area (Å²) in [6.07, 6.45) is 3.19. The maximum Gasteiger partial charge on any atom is 0.250 e. The summed E-state index contributed by atoms with van der Waals surface area (Å²) in [7, 11) is -3.53. The Morgan fingerprint density at radius 1 is 1.53 bits per heavy atom. The van der Waals surface area contributed by atoms with Crippen LogP contribution in [0, 0.1) is 0 Å². The maximum atomic E-state index is 12.0. The van der Waals surface area contributed by atoms with Crippen LogP contribution in [-0.4, -0.2) is 34.9 Å². The van der Waals surface area contributed by atoms with Crippen LogP contribution in [0.2, 0.25) is 0 Å². The SMILES string of the molecule is NC(=S)c1ccc(S(=O)(=O)NCCn2ccnn2)s1. The van der Waals surface area contributed by atoms with Crippen molar-refractivity contribution in [1.82, 2.24) is 19.7 Å². The van der Waals surface area contributed by atoms with Gasteiger partial charge in [-0.05, 0) is 12.1 Å². The lowest BCUT2D eigenvalue weighted by molar-refractivity contribution is 0.554. The van der Waals surface area contributed by atoms with E-state index in [-0.39, 0.29) is 15.7 Å². The Morgan fingerprint density at radius 3 is 2.89 bits per heavy atom. The predicted octanol–water partition coefficient (Wildman–Crippen LogP) is -0.0477. The minimum atomic E-state index is -3.53.